The van der Waals surface area contributed by atoms with Crippen LogP contribution in [0.15, 0.2) is 52.0 Å². The van der Waals surface area contributed by atoms with Gasteiger partial charge in [-0.3, -0.25) is 4.79 Å². The van der Waals surface area contributed by atoms with Crippen LogP contribution < -0.4 is 10.2 Å². The zero-order valence-corrected chi connectivity index (χ0v) is 17.8. The highest BCUT2D eigenvalue weighted by Crippen LogP contribution is 2.29. The molecule has 0 spiro atoms. The molecule has 1 atom stereocenters. The summed E-state index contributed by atoms with van der Waals surface area (Å²) in [6.07, 6.45) is 7.01. The molecule has 1 aliphatic carbocycles. The summed E-state index contributed by atoms with van der Waals surface area (Å²) in [6, 6.07) is 13.8. The standard InChI is InChI=1S/C25H27N3O3/c1-16-13-23(29)27-28-24(16)19-9-12-21-22(14-19)31-25(26-21)18-7-10-20(11-8-18)30-15-17-5-3-2-4-6-17/h7-12,14,16-17H,2-6,13,15H2,1H3,(H,27,29). The van der Waals surface area contributed by atoms with E-state index in [-0.39, 0.29) is 11.8 Å². The fourth-order valence-electron chi connectivity index (χ4n) is 4.47. The van der Waals surface area contributed by atoms with Gasteiger partial charge in [-0.25, -0.2) is 10.4 Å². The van der Waals surface area contributed by atoms with Gasteiger partial charge in [-0.1, -0.05) is 32.3 Å². The van der Waals surface area contributed by atoms with E-state index in [1.807, 2.05) is 49.4 Å². The minimum atomic E-state index is -0.0505. The number of hydrogen-bond acceptors (Lipinski definition) is 5. The third-order valence-electron chi connectivity index (χ3n) is 6.26. The lowest BCUT2D eigenvalue weighted by Crippen LogP contribution is -2.31. The summed E-state index contributed by atoms with van der Waals surface area (Å²) < 4.78 is 12.0. The molecule has 1 aromatic heterocycles. The second kappa shape index (κ2) is 8.53. The maximum absolute atomic E-state index is 11.5. The van der Waals surface area contributed by atoms with Gasteiger partial charge in [-0.2, -0.15) is 5.10 Å². The molecule has 1 saturated carbocycles. The van der Waals surface area contributed by atoms with Gasteiger partial charge in [-0.05, 0) is 55.2 Å². The van der Waals surface area contributed by atoms with E-state index in [4.69, 9.17) is 9.15 Å². The van der Waals surface area contributed by atoms with Crippen molar-refractivity contribution in [3.05, 3.63) is 48.0 Å². The van der Waals surface area contributed by atoms with Crippen molar-refractivity contribution < 1.29 is 13.9 Å². The molecule has 0 radical (unpaired) electrons. The van der Waals surface area contributed by atoms with Crippen molar-refractivity contribution >= 4 is 22.7 Å². The number of ether oxygens (including phenoxy) is 1. The Labute approximate surface area is 181 Å². The molecule has 2 aliphatic rings. The Kier molecular flexibility index (Phi) is 5.45. The SMILES string of the molecule is CC1CC(=O)NN=C1c1ccc2nc(-c3ccc(OCC4CCCCC4)cc3)oc2c1. The van der Waals surface area contributed by atoms with Crippen LogP contribution in [0.4, 0.5) is 0 Å². The van der Waals surface area contributed by atoms with E-state index < -0.39 is 0 Å². The molecule has 1 aliphatic heterocycles. The summed E-state index contributed by atoms with van der Waals surface area (Å²) in [5.41, 5.74) is 6.78. The number of hydrogen-bond donors (Lipinski definition) is 1. The van der Waals surface area contributed by atoms with Crippen molar-refractivity contribution in [2.75, 3.05) is 6.61 Å². The summed E-state index contributed by atoms with van der Waals surface area (Å²) in [6.45, 7) is 2.80. The summed E-state index contributed by atoms with van der Waals surface area (Å²) in [5, 5.41) is 4.24. The Bertz CT molecular complexity index is 1110. The fourth-order valence-corrected chi connectivity index (χ4v) is 4.47. The van der Waals surface area contributed by atoms with Gasteiger partial charge in [0.05, 0.1) is 12.3 Å². The largest absolute Gasteiger partial charge is 0.493 e. The van der Waals surface area contributed by atoms with E-state index in [1.165, 1.54) is 32.1 Å². The number of amides is 1. The highest BCUT2D eigenvalue weighted by molar-refractivity contribution is 6.07. The molecule has 2 aromatic carbocycles. The highest BCUT2D eigenvalue weighted by atomic mass is 16.5. The van der Waals surface area contributed by atoms with Crippen molar-refractivity contribution in [3.63, 3.8) is 0 Å². The molecule has 1 N–H and O–H groups in total. The molecule has 1 amide bonds. The molecule has 2 heterocycles. The monoisotopic (exact) mass is 417 g/mol. The Morgan fingerprint density at radius 2 is 1.84 bits per heavy atom. The van der Waals surface area contributed by atoms with Gasteiger partial charge in [0, 0.05) is 23.5 Å². The average molecular weight is 418 g/mol. The molecule has 3 aromatic rings. The molecular weight excluding hydrogens is 390 g/mol. The van der Waals surface area contributed by atoms with Gasteiger partial charge in [-0.15, -0.1) is 0 Å². The van der Waals surface area contributed by atoms with Crippen molar-refractivity contribution in [2.24, 2.45) is 16.9 Å². The number of carbonyl (C=O) groups excluding carboxylic acids is 1. The van der Waals surface area contributed by atoms with Gasteiger partial charge in [0.2, 0.25) is 11.8 Å². The van der Waals surface area contributed by atoms with Gasteiger partial charge >= 0.3 is 0 Å². The van der Waals surface area contributed by atoms with Gasteiger partial charge in [0.25, 0.3) is 0 Å². The van der Waals surface area contributed by atoms with Crippen LogP contribution in [0.5, 0.6) is 5.75 Å². The van der Waals surface area contributed by atoms with Crippen molar-refractivity contribution in [1.82, 2.24) is 10.4 Å². The van der Waals surface area contributed by atoms with Crippen LogP contribution in [-0.4, -0.2) is 23.2 Å². The highest BCUT2D eigenvalue weighted by Gasteiger charge is 2.22. The number of nitrogens with one attached hydrogen (secondary N) is 1. The smallest absolute Gasteiger partial charge is 0.240 e. The number of fused-ring (bicyclic) bond motifs is 1. The maximum atomic E-state index is 11.5. The number of hydrazone groups is 1. The molecule has 5 rings (SSSR count). The second-order valence-electron chi connectivity index (χ2n) is 8.68. The quantitative estimate of drug-likeness (QED) is 0.610. The minimum absolute atomic E-state index is 0.0505. The molecule has 0 saturated heterocycles. The summed E-state index contributed by atoms with van der Waals surface area (Å²) >= 11 is 0. The molecule has 160 valence electrons. The van der Waals surface area contributed by atoms with Gasteiger partial charge in [0.15, 0.2) is 5.58 Å². The molecular formula is C25H27N3O3. The van der Waals surface area contributed by atoms with Crippen LogP contribution in [-0.2, 0) is 4.79 Å². The lowest BCUT2D eigenvalue weighted by atomic mass is 9.90. The van der Waals surface area contributed by atoms with Crippen LogP contribution in [0.3, 0.4) is 0 Å². The van der Waals surface area contributed by atoms with E-state index in [0.717, 1.165) is 34.7 Å². The molecule has 0 bridgehead atoms. The number of oxazole rings is 1. The van der Waals surface area contributed by atoms with Crippen LogP contribution in [0.25, 0.3) is 22.6 Å². The molecule has 1 unspecified atom stereocenters. The normalized spacial score (nSPS) is 19.8. The number of nitrogens with zero attached hydrogens (tertiary/aromatic N) is 2. The van der Waals surface area contributed by atoms with E-state index in [2.05, 4.69) is 15.5 Å². The van der Waals surface area contributed by atoms with E-state index >= 15 is 0 Å². The Morgan fingerprint density at radius 3 is 2.61 bits per heavy atom. The van der Waals surface area contributed by atoms with Crippen LogP contribution in [0, 0.1) is 11.8 Å². The van der Waals surface area contributed by atoms with Crippen molar-refractivity contribution in [2.45, 2.75) is 45.4 Å². The predicted molar refractivity (Wildman–Crippen MR) is 120 cm³/mol. The van der Waals surface area contributed by atoms with E-state index in [9.17, 15) is 4.79 Å². The maximum Gasteiger partial charge on any atom is 0.240 e. The zero-order chi connectivity index (χ0) is 21.2. The fraction of sp³-hybridized carbons (Fsp3) is 0.400. The Hall–Kier alpha value is -3.15. The van der Waals surface area contributed by atoms with Crippen molar-refractivity contribution in [3.8, 4) is 17.2 Å². The lowest BCUT2D eigenvalue weighted by molar-refractivity contribution is -0.121. The molecule has 6 heteroatoms. The van der Waals surface area contributed by atoms with Gasteiger partial charge < -0.3 is 9.15 Å². The number of benzene rings is 2. The first-order chi connectivity index (χ1) is 15.2. The molecule has 6 nitrogen and oxygen atoms in total. The van der Waals surface area contributed by atoms with Crippen LogP contribution in [0.2, 0.25) is 0 Å². The molecule has 1 fully saturated rings. The van der Waals surface area contributed by atoms with Gasteiger partial charge in [0.1, 0.15) is 11.3 Å². The first-order valence-electron chi connectivity index (χ1n) is 11.2. The zero-order valence-electron chi connectivity index (χ0n) is 17.8. The summed E-state index contributed by atoms with van der Waals surface area (Å²) in [7, 11) is 0. The first-order valence-corrected chi connectivity index (χ1v) is 11.2. The second-order valence-corrected chi connectivity index (χ2v) is 8.68. The van der Waals surface area contributed by atoms with Crippen LogP contribution >= 0.6 is 0 Å². The predicted octanol–water partition coefficient (Wildman–Crippen LogP) is 5.31. The number of aromatic nitrogens is 1. The summed E-state index contributed by atoms with van der Waals surface area (Å²) in [5.74, 6) is 2.17. The lowest BCUT2D eigenvalue weighted by Gasteiger charge is -2.21. The van der Waals surface area contributed by atoms with Crippen LogP contribution in [0.1, 0.15) is 51.0 Å². The topological polar surface area (TPSA) is 76.7 Å². The third-order valence-corrected chi connectivity index (χ3v) is 6.26. The average Bonchev–Trinajstić information content (AvgIpc) is 3.22. The number of carbonyl (C=O) groups is 1. The minimum Gasteiger partial charge on any atom is -0.493 e. The summed E-state index contributed by atoms with van der Waals surface area (Å²) in [4.78, 5) is 16.1. The number of rotatable bonds is 5. The Balaban J connectivity index is 1.31. The van der Waals surface area contributed by atoms with Crippen molar-refractivity contribution in [1.29, 1.82) is 0 Å². The molecule has 31 heavy (non-hydrogen) atoms. The Morgan fingerprint density at radius 1 is 1.06 bits per heavy atom. The first kappa shape index (κ1) is 19.8. The van der Waals surface area contributed by atoms with E-state index in [0.29, 0.717) is 23.8 Å². The van der Waals surface area contributed by atoms with E-state index in [1.54, 1.807) is 0 Å². The third kappa shape index (κ3) is 4.33.